The maximum absolute atomic E-state index is 10.2. The molecule has 0 fully saturated rings. The van der Waals surface area contributed by atoms with Crippen LogP contribution in [0, 0.1) is 5.41 Å². The van der Waals surface area contributed by atoms with Crippen molar-refractivity contribution in [1.29, 1.82) is 0 Å². The molecule has 2 aromatic rings. The molecule has 6 heteroatoms. The Morgan fingerprint density at radius 1 is 0.793 bits per heavy atom. The Morgan fingerprint density at radius 2 is 1.10 bits per heavy atom. The van der Waals surface area contributed by atoms with Crippen molar-refractivity contribution in [3.8, 4) is 0 Å². The number of aromatic carboxylic acids is 2. The van der Waals surface area contributed by atoms with E-state index in [1.807, 2.05) is 20.8 Å². The first-order chi connectivity index (χ1) is 13.3. The van der Waals surface area contributed by atoms with Crippen LogP contribution in [-0.4, -0.2) is 44.1 Å². The summed E-state index contributed by atoms with van der Waals surface area (Å²) < 4.78 is 0. The first-order valence-electron chi connectivity index (χ1n) is 9.30. The molecule has 0 aromatic heterocycles. The average Bonchev–Trinajstić information content (AvgIpc) is 2.69. The molecule has 4 N–H and O–H groups in total. The Kier molecular flexibility index (Phi) is 10.9. The number of hydrogen-bond acceptors (Lipinski definition) is 4. The van der Waals surface area contributed by atoms with Gasteiger partial charge in [-0.15, -0.1) is 0 Å². The summed E-state index contributed by atoms with van der Waals surface area (Å²) in [5.74, 6) is -1.76. The maximum Gasteiger partial charge on any atom is 0.335 e. The van der Waals surface area contributed by atoms with Crippen LogP contribution in [-0.2, 0) is 0 Å². The second kappa shape index (κ2) is 12.0. The molecule has 0 aliphatic carbocycles. The molecule has 0 heterocycles. The first-order valence-corrected chi connectivity index (χ1v) is 9.30. The quantitative estimate of drug-likeness (QED) is 0.590. The number of hydrogen-bond donors (Lipinski definition) is 4. The first kappa shape index (κ1) is 26.3. The van der Waals surface area contributed by atoms with Gasteiger partial charge in [-0.1, -0.05) is 57.2 Å². The summed E-state index contributed by atoms with van der Waals surface area (Å²) in [4.78, 5) is 20.4. The number of rotatable bonds is 5. The third kappa shape index (κ3) is 10.4. The molecule has 0 aliphatic rings. The van der Waals surface area contributed by atoms with Gasteiger partial charge in [0.05, 0.1) is 22.8 Å². The van der Waals surface area contributed by atoms with Gasteiger partial charge in [-0.05, 0) is 49.9 Å². The molecular weight excluding hydrogens is 372 g/mol. The number of benzene rings is 2. The number of aliphatic hydroxyl groups is 2. The number of aliphatic hydroxyl groups excluding tert-OH is 1. The summed E-state index contributed by atoms with van der Waals surface area (Å²) in [6, 6.07) is 16.6. The van der Waals surface area contributed by atoms with Crippen molar-refractivity contribution in [2.45, 2.75) is 52.7 Å². The summed E-state index contributed by atoms with van der Waals surface area (Å²) in [5, 5.41) is 35.9. The molecule has 2 rings (SSSR count). The molecule has 0 aliphatic heterocycles. The molecule has 160 valence electrons. The normalized spacial score (nSPS) is 11.8. The van der Waals surface area contributed by atoms with Gasteiger partial charge in [-0.3, -0.25) is 0 Å². The van der Waals surface area contributed by atoms with Crippen molar-refractivity contribution < 1.29 is 30.0 Å². The highest BCUT2D eigenvalue weighted by molar-refractivity contribution is 5.87. The standard InChI is InChI=1S/C9H20O2.2C7H6O2/c1-6-8(2,3)7(10)9(4,5)11;2*8-7(9)6-4-2-1-3-5-6/h7,10-11H,6H2,1-5H3;2*1-5H,(H,8,9). The van der Waals surface area contributed by atoms with Crippen LogP contribution in [0.4, 0.5) is 0 Å². The maximum atomic E-state index is 10.2. The largest absolute Gasteiger partial charge is 0.478 e. The summed E-state index contributed by atoms with van der Waals surface area (Å²) >= 11 is 0. The molecule has 2 aromatic carbocycles. The fourth-order valence-corrected chi connectivity index (χ4v) is 2.31. The van der Waals surface area contributed by atoms with Crippen LogP contribution in [0.2, 0.25) is 0 Å². The van der Waals surface area contributed by atoms with Gasteiger partial charge in [-0.2, -0.15) is 0 Å². The highest BCUT2D eigenvalue weighted by Crippen LogP contribution is 2.31. The van der Waals surface area contributed by atoms with Crippen LogP contribution >= 0.6 is 0 Å². The Bertz CT molecular complexity index is 683. The molecule has 6 nitrogen and oxygen atoms in total. The second-order valence-corrected chi connectivity index (χ2v) is 7.74. The zero-order valence-corrected chi connectivity index (χ0v) is 17.7. The highest BCUT2D eigenvalue weighted by atomic mass is 16.4. The molecule has 0 saturated heterocycles. The van der Waals surface area contributed by atoms with Crippen molar-refractivity contribution in [2.75, 3.05) is 0 Å². The lowest BCUT2D eigenvalue weighted by Crippen LogP contribution is -2.45. The van der Waals surface area contributed by atoms with E-state index >= 15 is 0 Å². The molecule has 0 saturated carbocycles. The Hall–Kier alpha value is -2.70. The van der Waals surface area contributed by atoms with Gasteiger partial charge in [0, 0.05) is 0 Å². The van der Waals surface area contributed by atoms with Crippen molar-refractivity contribution in [3.05, 3.63) is 71.8 Å². The zero-order chi connectivity index (χ0) is 22.7. The van der Waals surface area contributed by atoms with Gasteiger partial charge in [0.2, 0.25) is 0 Å². The molecule has 1 unspecified atom stereocenters. The van der Waals surface area contributed by atoms with E-state index in [9.17, 15) is 19.8 Å². The van der Waals surface area contributed by atoms with Crippen molar-refractivity contribution >= 4 is 11.9 Å². The van der Waals surface area contributed by atoms with Crippen molar-refractivity contribution in [2.24, 2.45) is 5.41 Å². The fraction of sp³-hybridized carbons (Fsp3) is 0.391. The van der Waals surface area contributed by atoms with E-state index < -0.39 is 23.6 Å². The van der Waals surface area contributed by atoms with E-state index in [2.05, 4.69) is 0 Å². The van der Waals surface area contributed by atoms with Crippen LogP contribution in [0.3, 0.4) is 0 Å². The third-order valence-electron chi connectivity index (χ3n) is 4.36. The van der Waals surface area contributed by atoms with Crippen molar-refractivity contribution in [1.82, 2.24) is 0 Å². The van der Waals surface area contributed by atoms with E-state index in [4.69, 9.17) is 10.2 Å². The van der Waals surface area contributed by atoms with Crippen LogP contribution < -0.4 is 0 Å². The number of carboxylic acids is 2. The summed E-state index contributed by atoms with van der Waals surface area (Å²) in [6.07, 6.45) is 0.193. The van der Waals surface area contributed by atoms with E-state index in [0.717, 1.165) is 6.42 Å². The predicted octanol–water partition coefficient (Wildman–Crippen LogP) is 4.32. The minimum absolute atomic E-state index is 0.210. The van der Waals surface area contributed by atoms with E-state index in [-0.39, 0.29) is 5.41 Å². The fourth-order valence-electron chi connectivity index (χ4n) is 2.31. The monoisotopic (exact) mass is 404 g/mol. The van der Waals surface area contributed by atoms with Crippen molar-refractivity contribution in [3.63, 3.8) is 0 Å². The third-order valence-corrected chi connectivity index (χ3v) is 4.36. The van der Waals surface area contributed by atoms with E-state index in [0.29, 0.717) is 11.1 Å². The van der Waals surface area contributed by atoms with E-state index in [1.54, 1.807) is 74.5 Å². The van der Waals surface area contributed by atoms with Gasteiger partial charge in [0.1, 0.15) is 0 Å². The Labute approximate surface area is 172 Å². The lowest BCUT2D eigenvalue weighted by atomic mass is 9.77. The molecule has 0 radical (unpaired) electrons. The zero-order valence-electron chi connectivity index (χ0n) is 17.7. The number of carboxylic acid groups (broad SMARTS) is 2. The molecule has 0 amide bonds. The molecular formula is C23H32O6. The molecule has 1 atom stereocenters. The molecule has 0 bridgehead atoms. The highest BCUT2D eigenvalue weighted by Gasteiger charge is 2.36. The lowest BCUT2D eigenvalue weighted by Gasteiger charge is -2.37. The Morgan fingerprint density at radius 3 is 1.24 bits per heavy atom. The van der Waals surface area contributed by atoms with Gasteiger partial charge in [-0.25, -0.2) is 9.59 Å². The van der Waals surface area contributed by atoms with Gasteiger partial charge in [0.15, 0.2) is 0 Å². The minimum atomic E-state index is -1.00. The topological polar surface area (TPSA) is 115 Å². The predicted molar refractivity (Wildman–Crippen MR) is 113 cm³/mol. The lowest BCUT2D eigenvalue weighted by molar-refractivity contribution is -0.105. The van der Waals surface area contributed by atoms with Gasteiger partial charge >= 0.3 is 11.9 Å². The average molecular weight is 405 g/mol. The minimum Gasteiger partial charge on any atom is -0.478 e. The molecule has 0 spiro atoms. The number of carbonyl (C=O) groups is 2. The summed E-state index contributed by atoms with van der Waals surface area (Å²) in [7, 11) is 0. The summed E-state index contributed by atoms with van der Waals surface area (Å²) in [6.45, 7) is 9.18. The van der Waals surface area contributed by atoms with Crippen LogP contribution in [0.25, 0.3) is 0 Å². The smallest absolute Gasteiger partial charge is 0.335 e. The van der Waals surface area contributed by atoms with Gasteiger partial charge < -0.3 is 20.4 Å². The summed E-state index contributed by atoms with van der Waals surface area (Å²) in [5.41, 5.74) is -0.549. The second-order valence-electron chi connectivity index (χ2n) is 7.74. The van der Waals surface area contributed by atoms with Crippen LogP contribution in [0.5, 0.6) is 0 Å². The van der Waals surface area contributed by atoms with Crippen LogP contribution in [0.1, 0.15) is 61.8 Å². The SMILES string of the molecule is CCC(C)(C)C(O)C(C)(C)O.O=C(O)c1ccccc1.O=C(O)c1ccccc1. The van der Waals surface area contributed by atoms with E-state index in [1.165, 1.54) is 0 Å². The van der Waals surface area contributed by atoms with Crippen LogP contribution in [0.15, 0.2) is 60.7 Å². The van der Waals surface area contributed by atoms with Gasteiger partial charge in [0.25, 0.3) is 0 Å². The Balaban J connectivity index is 0.000000408. The molecule has 29 heavy (non-hydrogen) atoms.